The molecule has 0 aliphatic carbocycles. The van der Waals surface area contributed by atoms with Crippen LogP contribution in [0.15, 0.2) is 70.2 Å². The second kappa shape index (κ2) is 11.1. The molecule has 0 saturated carbocycles. The second-order valence-corrected chi connectivity index (χ2v) is 6.58. The molecule has 3 rings (SSSR count). The van der Waals surface area contributed by atoms with Crippen molar-refractivity contribution < 1.29 is 28.3 Å². The SMILES string of the molecule is COc1ccc(C(=O)N/N=C\c2ccc(CNC(=O)C(=O)Nc3ccccc3)o2)cc1OC. The maximum Gasteiger partial charge on any atom is 0.313 e. The Morgan fingerprint density at radius 3 is 2.42 bits per heavy atom. The Kier molecular flexibility index (Phi) is 7.79. The molecule has 2 aromatic carbocycles. The lowest BCUT2D eigenvalue weighted by molar-refractivity contribution is -0.136. The van der Waals surface area contributed by atoms with Crippen molar-refractivity contribution in [1.82, 2.24) is 10.7 Å². The standard InChI is InChI=1S/C23H22N4O6/c1-31-19-11-8-15(12-20(19)32-2)21(28)27-25-14-18-10-9-17(33-18)13-24-22(29)23(30)26-16-6-4-3-5-7-16/h3-12,14H,13H2,1-2H3,(H,24,29)(H,26,30)(H,27,28)/b25-14-. The van der Waals surface area contributed by atoms with Crippen molar-refractivity contribution in [3.8, 4) is 11.5 Å². The number of hydrogen-bond donors (Lipinski definition) is 3. The summed E-state index contributed by atoms with van der Waals surface area (Å²) in [4.78, 5) is 36.1. The second-order valence-electron chi connectivity index (χ2n) is 6.58. The van der Waals surface area contributed by atoms with Crippen LogP contribution in [0.2, 0.25) is 0 Å². The van der Waals surface area contributed by atoms with Crippen LogP contribution in [-0.2, 0) is 16.1 Å². The van der Waals surface area contributed by atoms with Gasteiger partial charge in [-0.15, -0.1) is 0 Å². The van der Waals surface area contributed by atoms with Gasteiger partial charge in [0.1, 0.15) is 11.5 Å². The number of carbonyl (C=O) groups is 3. The van der Waals surface area contributed by atoms with E-state index < -0.39 is 17.7 Å². The zero-order chi connectivity index (χ0) is 23.6. The van der Waals surface area contributed by atoms with Gasteiger partial charge in [-0.2, -0.15) is 5.10 Å². The van der Waals surface area contributed by atoms with Crippen LogP contribution in [0.1, 0.15) is 21.9 Å². The number of para-hydroxylation sites is 1. The van der Waals surface area contributed by atoms with Crippen LogP contribution in [-0.4, -0.2) is 38.2 Å². The van der Waals surface area contributed by atoms with Gasteiger partial charge in [-0.25, -0.2) is 5.43 Å². The third-order valence-electron chi connectivity index (χ3n) is 4.35. The molecular formula is C23H22N4O6. The molecule has 0 aliphatic heterocycles. The van der Waals surface area contributed by atoms with Gasteiger partial charge in [0.15, 0.2) is 11.5 Å². The smallest absolute Gasteiger partial charge is 0.313 e. The molecule has 3 aromatic rings. The van der Waals surface area contributed by atoms with Crippen LogP contribution in [0.3, 0.4) is 0 Å². The molecule has 0 bridgehead atoms. The molecule has 1 aromatic heterocycles. The van der Waals surface area contributed by atoms with Crippen molar-refractivity contribution in [3.05, 3.63) is 77.7 Å². The van der Waals surface area contributed by atoms with Crippen molar-refractivity contribution in [2.45, 2.75) is 6.54 Å². The van der Waals surface area contributed by atoms with Gasteiger partial charge in [0.2, 0.25) is 0 Å². The van der Waals surface area contributed by atoms with E-state index in [1.807, 2.05) is 0 Å². The summed E-state index contributed by atoms with van der Waals surface area (Å²) in [7, 11) is 2.98. The van der Waals surface area contributed by atoms with Gasteiger partial charge in [-0.05, 0) is 42.5 Å². The average Bonchev–Trinajstić information content (AvgIpc) is 3.30. The maximum absolute atomic E-state index is 12.2. The fourth-order valence-electron chi connectivity index (χ4n) is 2.71. The van der Waals surface area contributed by atoms with E-state index in [9.17, 15) is 14.4 Å². The van der Waals surface area contributed by atoms with E-state index in [1.165, 1.54) is 26.5 Å². The molecule has 0 spiro atoms. The fourth-order valence-corrected chi connectivity index (χ4v) is 2.71. The molecule has 170 valence electrons. The Balaban J connectivity index is 1.48. The highest BCUT2D eigenvalue weighted by molar-refractivity contribution is 6.39. The number of anilines is 1. The summed E-state index contributed by atoms with van der Waals surface area (Å²) in [6, 6.07) is 16.6. The summed E-state index contributed by atoms with van der Waals surface area (Å²) in [5.41, 5.74) is 3.24. The Bertz CT molecular complexity index is 1160. The molecule has 0 aliphatic rings. The van der Waals surface area contributed by atoms with E-state index in [0.29, 0.717) is 34.3 Å². The number of nitrogens with one attached hydrogen (secondary N) is 3. The maximum atomic E-state index is 12.2. The minimum atomic E-state index is -0.798. The van der Waals surface area contributed by atoms with Crippen LogP contribution in [0, 0.1) is 0 Å². The summed E-state index contributed by atoms with van der Waals surface area (Å²) < 4.78 is 15.8. The first-order chi connectivity index (χ1) is 16.0. The van der Waals surface area contributed by atoms with E-state index in [2.05, 4.69) is 21.2 Å². The summed E-state index contributed by atoms with van der Waals surface area (Å²) in [5.74, 6) is -0.352. The minimum Gasteiger partial charge on any atom is -0.493 e. The quantitative estimate of drug-likeness (QED) is 0.274. The van der Waals surface area contributed by atoms with Gasteiger partial charge in [0.25, 0.3) is 5.91 Å². The van der Waals surface area contributed by atoms with Crippen LogP contribution < -0.4 is 25.5 Å². The Morgan fingerprint density at radius 1 is 0.939 bits per heavy atom. The highest BCUT2D eigenvalue weighted by atomic mass is 16.5. The molecule has 3 N–H and O–H groups in total. The van der Waals surface area contributed by atoms with Crippen molar-refractivity contribution in [3.63, 3.8) is 0 Å². The lowest BCUT2D eigenvalue weighted by Crippen LogP contribution is -2.34. The number of hydrazone groups is 1. The molecule has 3 amide bonds. The molecular weight excluding hydrogens is 428 g/mol. The number of carbonyl (C=O) groups excluding carboxylic acids is 3. The molecule has 0 radical (unpaired) electrons. The first-order valence-corrected chi connectivity index (χ1v) is 9.78. The van der Waals surface area contributed by atoms with Crippen LogP contribution >= 0.6 is 0 Å². The zero-order valence-electron chi connectivity index (χ0n) is 18.0. The highest BCUT2D eigenvalue weighted by Crippen LogP contribution is 2.27. The first-order valence-electron chi connectivity index (χ1n) is 9.78. The third kappa shape index (κ3) is 6.44. The van der Waals surface area contributed by atoms with Crippen molar-refractivity contribution in [2.75, 3.05) is 19.5 Å². The number of furan rings is 1. The molecule has 1 heterocycles. The fraction of sp³-hybridized carbons (Fsp3) is 0.130. The lowest BCUT2D eigenvalue weighted by atomic mass is 10.2. The van der Waals surface area contributed by atoms with Gasteiger partial charge in [-0.3, -0.25) is 14.4 Å². The Labute approximate surface area is 189 Å². The molecule has 10 nitrogen and oxygen atoms in total. The predicted octanol–water partition coefficient (Wildman–Crippen LogP) is 2.32. The minimum absolute atomic E-state index is 0.00683. The first kappa shape index (κ1) is 23.1. The highest BCUT2D eigenvalue weighted by Gasteiger charge is 2.14. The Morgan fingerprint density at radius 2 is 1.70 bits per heavy atom. The molecule has 10 heteroatoms. The number of benzene rings is 2. The summed E-state index contributed by atoms with van der Waals surface area (Å²) in [6.07, 6.45) is 1.31. The number of amides is 3. The van der Waals surface area contributed by atoms with Crippen LogP contribution in [0.25, 0.3) is 0 Å². The van der Waals surface area contributed by atoms with Gasteiger partial charge in [0.05, 0.1) is 27.0 Å². The molecule has 0 unspecified atom stereocenters. The van der Waals surface area contributed by atoms with E-state index >= 15 is 0 Å². The zero-order valence-corrected chi connectivity index (χ0v) is 18.0. The molecule has 33 heavy (non-hydrogen) atoms. The van der Waals surface area contributed by atoms with Gasteiger partial charge in [0, 0.05) is 11.3 Å². The topological polar surface area (TPSA) is 131 Å². The van der Waals surface area contributed by atoms with Gasteiger partial charge >= 0.3 is 11.8 Å². The number of ether oxygens (including phenoxy) is 2. The molecule has 0 saturated heterocycles. The van der Waals surface area contributed by atoms with Gasteiger partial charge < -0.3 is 24.5 Å². The predicted molar refractivity (Wildman–Crippen MR) is 120 cm³/mol. The number of rotatable bonds is 8. The molecule has 0 fully saturated rings. The van der Waals surface area contributed by atoms with Crippen molar-refractivity contribution in [1.29, 1.82) is 0 Å². The largest absolute Gasteiger partial charge is 0.493 e. The Hall–Kier alpha value is -4.60. The third-order valence-corrected chi connectivity index (χ3v) is 4.35. The number of nitrogens with zero attached hydrogens (tertiary/aromatic N) is 1. The van der Waals surface area contributed by atoms with E-state index in [0.717, 1.165) is 0 Å². The van der Waals surface area contributed by atoms with Crippen molar-refractivity contribution >= 4 is 29.6 Å². The van der Waals surface area contributed by atoms with E-state index in [1.54, 1.807) is 54.6 Å². The summed E-state index contributed by atoms with van der Waals surface area (Å²) >= 11 is 0. The lowest BCUT2D eigenvalue weighted by Gasteiger charge is -2.08. The number of methoxy groups -OCH3 is 2. The monoisotopic (exact) mass is 450 g/mol. The van der Waals surface area contributed by atoms with Crippen LogP contribution in [0.4, 0.5) is 5.69 Å². The van der Waals surface area contributed by atoms with E-state index in [-0.39, 0.29) is 6.54 Å². The average molecular weight is 450 g/mol. The van der Waals surface area contributed by atoms with Crippen LogP contribution in [0.5, 0.6) is 11.5 Å². The summed E-state index contributed by atoms with van der Waals surface area (Å²) in [5, 5.41) is 8.82. The van der Waals surface area contributed by atoms with Crippen molar-refractivity contribution in [2.24, 2.45) is 5.10 Å². The molecule has 0 atom stereocenters. The summed E-state index contributed by atoms with van der Waals surface area (Å²) in [6.45, 7) is 0.00683. The normalized spacial score (nSPS) is 10.5. The van der Waals surface area contributed by atoms with Gasteiger partial charge in [-0.1, -0.05) is 18.2 Å². The van der Waals surface area contributed by atoms with E-state index in [4.69, 9.17) is 13.9 Å². The number of hydrogen-bond acceptors (Lipinski definition) is 7.